The van der Waals surface area contributed by atoms with Crippen molar-refractivity contribution in [2.24, 2.45) is 0 Å². The number of hydrogen-bond donors (Lipinski definition) is 1. The number of nitrogens with one attached hydrogen (secondary N) is 1. The number of aryl methyl sites for hydroxylation is 4. The topological polar surface area (TPSA) is 84.9 Å². The molecule has 0 saturated heterocycles. The van der Waals surface area contributed by atoms with Crippen molar-refractivity contribution >= 4 is 21.6 Å². The van der Waals surface area contributed by atoms with Crippen LogP contribution >= 0.6 is 0 Å². The van der Waals surface area contributed by atoms with Gasteiger partial charge >= 0.3 is 0 Å². The van der Waals surface area contributed by atoms with E-state index in [0.29, 0.717) is 17.2 Å². The van der Waals surface area contributed by atoms with Gasteiger partial charge in [0.15, 0.2) is 6.10 Å². The summed E-state index contributed by atoms with van der Waals surface area (Å²) in [5.41, 5.74) is 5.73. The van der Waals surface area contributed by atoms with Crippen LogP contribution in [0.5, 0.6) is 11.5 Å². The summed E-state index contributed by atoms with van der Waals surface area (Å²) in [7, 11) is -2.44. The Morgan fingerprint density at radius 2 is 1.67 bits per heavy atom. The van der Waals surface area contributed by atoms with Crippen LogP contribution in [-0.4, -0.2) is 34.1 Å². The van der Waals surface area contributed by atoms with Crippen molar-refractivity contribution in [1.82, 2.24) is 5.32 Å². The molecule has 7 nitrogen and oxygen atoms in total. The number of amides is 1. The van der Waals surface area contributed by atoms with Crippen LogP contribution in [0.25, 0.3) is 0 Å². The average molecular weight is 509 g/mol. The fourth-order valence-corrected chi connectivity index (χ4v) is 5.90. The number of anilines is 1. The minimum atomic E-state index is -3.96. The monoisotopic (exact) mass is 508 g/mol. The van der Waals surface area contributed by atoms with Crippen LogP contribution < -0.4 is 19.1 Å². The molecule has 1 aliphatic rings. The van der Waals surface area contributed by atoms with Crippen molar-refractivity contribution in [1.29, 1.82) is 0 Å². The summed E-state index contributed by atoms with van der Waals surface area (Å²) in [6, 6.07) is 15.4. The van der Waals surface area contributed by atoms with Crippen LogP contribution in [0.4, 0.5) is 5.69 Å². The summed E-state index contributed by atoms with van der Waals surface area (Å²) in [5.74, 6) is 0.528. The van der Waals surface area contributed by atoms with Gasteiger partial charge in [-0.25, -0.2) is 8.42 Å². The molecule has 8 heteroatoms. The molecule has 190 valence electrons. The second-order valence-electron chi connectivity index (χ2n) is 9.31. The molecule has 0 radical (unpaired) electrons. The Bertz CT molecular complexity index is 1400. The maximum atomic E-state index is 13.7. The van der Waals surface area contributed by atoms with Gasteiger partial charge in [0, 0.05) is 0 Å². The number of methoxy groups -OCH3 is 1. The smallest absolute Gasteiger partial charge is 0.264 e. The van der Waals surface area contributed by atoms with E-state index in [0.717, 1.165) is 22.3 Å². The van der Waals surface area contributed by atoms with E-state index < -0.39 is 16.1 Å². The number of hydrogen-bond acceptors (Lipinski definition) is 5. The highest BCUT2D eigenvalue weighted by Gasteiger charge is 2.38. The largest absolute Gasteiger partial charge is 0.497 e. The number of carbonyl (C=O) groups excluding carboxylic acids is 1. The molecule has 1 amide bonds. The first-order valence-corrected chi connectivity index (χ1v) is 13.3. The summed E-state index contributed by atoms with van der Waals surface area (Å²) in [4.78, 5) is 13.4. The van der Waals surface area contributed by atoms with Crippen molar-refractivity contribution in [2.75, 3.05) is 18.0 Å². The predicted molar refractivity (Wildman–Crippen MR) is 140 cm³/mol. The lowest BCUT2D eigenvalue weighted by Gasteiger charge is -2.35. The number of ether oxygens (including phenoxy) is 2. The number of fused-ring (bicyclic) bond motifs is 1. The van der Waals surface area contributed by atoms with Crippen LogP contribution in [0.1, 0.15) is 40.8 Å². The van der Waals surface area contributed by atoms with Crippen molar-refractivity contribution < 1.29 is 22.7 Å². The van der Waals surface area contributed by atoms with Gasteiger partial charge in [0.25, 0.3) is 15.9 Å². The summed E-state index contributed by atoms with van der Waals surface area (Å²) in [6.07, 6.45) is -1.01. The predicted octanol–water partition coefficient (Wildman–Crippen LogP) is 4.76. The van der Waals surface area contributed by atoms with E-state index in [9.17, 15) is 13.2 Å². The molecule has 36 heavy (non-hydrogen) atoms. The molecule has 1 aliphatic heterocycles. The zero-order valence-electron chi connectivity index (χ0n) is 21.5. The lowest BCUT2D eigenvalue weighted by molar-refractivity contribution is -0.128. The van der Waals surface area contributed by atoms with Gasteiger partial charge in [-0.05, 0) is 98.8 Å². The van der Waals surface area contributed by atoms with Gasteiger partial charge in [-0.2, -0.15) is 0 Å². The first-order chi connectivity index (χ1) is 17.0. The van der Waals surface area contributed by atoms with Gasteiger partial charge in [-0.1, -0.05) is 18.2 Å². The number of sulfonamides is 1. The number of carbonyl (C=O) groups is 1. The van der Waals surface area contributed by atoms with E-state index in [2.05, 4.69) is 24.4 Å². The highest BCUT2D eigenvalue weighted by Crippen LogP contribution is 2.38. The molecule has 0 aliphatic carbocycles. The average Bonchev–Trinajstić information content (AvgIpc) is 2.85. The number of nitrogens with zero attached hydrogens (tertiary/aromatic N) is 1. The third kappa shape index (κ3) is 4.91. The lowest BCUT2D eigenvalue weighted by Crippen LogP contribution is -2.51. The first kappa shape index (κ1) is 25.6. The SMILES string of the molecule is COc1ccc(S(=O)(=O)N2C[C@H](C(=O)N[C@@H](C)c3cc(C)c(C)cc3C)Oc3ccc(C)cc32)cc1. The van der Waals surface area contributed by atoms with Gasteiger partial charge in [-0.3, -0.25) is 9.10 Å². The molecule has 0 aromatic heterocycles. The zero-order chi connectivity index (χ0) is 26.2. The first-order valence-electron chi connectivity index (χ1n) is 11.8. The Morgan fingerprint density at radius 1 is 1.00 bits per heavy atom. The molecule has 0 saturated carbocycles. The number of rotatable bonds is 6. The van der Waals surface area contributed by atoms with Gasteiger partial charge in [0.1, 0.15) is 11.5 Å². The molecule has 0 bridgehead atoms. The highest BCUT2D eigenvalue weighted by atomic mass is 32.2. The van der Waals surface area contributed by atoms with Crippen LogP contribution in [0.2, 0.25) is 0 Å². The quantitative estimate of drug-likeness (QED) is 0.519. The van der Waals surface area contributed by atoms with E-state index in [1.54, 1.807) is 24.3 Å². The second kappa shape index (κ2) is 9.85. The van der Waals surface area contributed by atoms with Crippen LogP contribution in [0.3, 0.4) is 0 Å². The zero-order valence-corrected chi connectivity index (χ0v) is 22.3. The maximum Gasteiger partial charge on any atom is 0.264 e. The van der Waals surface area contributed by atoms with E-state index in [1.807, 2.05) is 33.8 Å². The Balaban J connectivity index is 1.64. The molecule has 1 heterocycles. The molecular weight excluding hydrogens is 476 g/mol. The molecule has 0 unspecified atom stereocenters. The van der Waals surface area contributed by atoms with Gasteiger partial charge < -0.3 is 14.8 Å². The minimum Gasteiger partial charge on any atom is -0.497 e. The molecule has 4 rings (SSSR count). The van der Waals surface area contributed by atoms with E-state index >= 15 is 0 Å². The van der Waals surface area contributed by atoms with Gasteiger partial charge in [0.2, 0.25) is 0 Å². The summed E-state index contributed by atoms with van der Waals surface area (Å²) in [6.45, 7) is 9.77. The third-order valence-corrected chi connectivity index (χ3v) is 8.43. The molecule has 0 fully saturated rings. The Morgan fingerprint density at radius 3 is 2.33 bits per heavy atom. The molecule has 1 N–H and O–H groups in total. The molecule has 3 aromatic rings. The molecule has 3 aromatic carbocycles. The summed E-state index contributed by atoms with van der Waals surface area (Å²) in [5, 5.41) is 3.02. The molecular formula is C28H32N2O5S. The van der Waals surface area contributed by atoms with Crippen LogP contribution in [-0.2, 0) is 14.8 Å². The maximum absolute atomic E-state index is 13.7. The van der Waals surface area contributed by atoms with E-state index in [-0.39, 0.29) is 23.4 Å². The Hall–Kier alpha value is -3.52. The third-order valence-electron chi connectivity index (χ3n) is 6.63. The molecule has 2 atom stereocenters. The summed E-state index contributed by atoms with van der Waals surface area (Å²) >= 11 is 0. The van der Waals surface area contributed by atoms with E-state index in [1.165, 1.54) is 29.1 Å². The van der Waals surface area contributed by atoms with Crippen LogP contribution in [0, 0.1) is 27.7 Å². The normalized spacial score (nSPS) is 16.1. The standard InChI is InChI=1S/C28H32N2O5S/c1-17-7-12-26-25(13-17)30(36(32,33)23-10-8-22(34-6)9-11-23)16-27(35-26)28(31)29-21(5)24-15-19(3)18(2)14-20(24)4/h7-15,21,27H,16H2,1-6H3,(H,29,31)/t21-,27+/m0/s1. The van der Waals surface area contributed by atoms with Crippen molar-refractivity contribution in [2.45, 2.75) is 51.7 Å². The number of benzene rings is 3. The van der Waals surface area contributed by atoms with Gasteiger partial charge in [-0.15, -0.1) is 0 Å². The Labute approximate surface area is 213 Å². The fraction of sp³-hybridized carbons (Fsp3) is 0.321. The van der Waals surface area contributed by atoms with Gasteiger partial charge in [0.05, 0.1) is 30.3 Å². The molecule has 0 spiro atoms. The van der Waals surface area contributed by atoms with Crippen molar-refractivity contribution in [3.8, 4) is 11.5 Å². The minimum absolute atomic E-state index is 0.107. The van der Waals surface area contributed by atoms with Crippen molar-refractivity contribution in [3.63, 3.8) is 0 Å². The Kier molecular flexibility index (Phi) is 7.00. The highest BCUT2D eigenvalue weighted by molar-refractivity contribution is 7.92. The van der Waals surface area contributed by atoms with E-state index in [4.69, 9.17) is 9.47 Å². The fourth-order valence-electron chi connectivity index (χ4n) is 4.43. The van der Waals surface area contributed by atoms with Crippen molar-refractivity contribution in [3.05, 3.63) is 82.4 Å². The second-order valence-corrected chi connectivity index (χ2v) is 11.2. The van der Waals surface area contributed by atoms with Crippen LogP contribution in [0.15, 0.2) is 59.5 Å². The summed E-state index contributed by atoms with van der Waals surface area (Å²) < 4.78 is 39.8. The lowest BCUT2D eigenvalue weighted by atomic mass is 9.96.